The Morgan fingerprint density at radius 3 is 2.86 bits per heavy atom. The standard InChI is InChI=1S/C17H27N3O2/c1-2-3-10-15-18-16(22-19-15)14-9-6-11-20(12-14)17(21)13-7-4-5-8-13/h13-14H,2-12H2,1H3/t14-/m1/s1. The van der Waals surface area contributed by atoms with Gasteiger partial charge in [0.15, 0.2) is 5.82 Å². The Bertz CT molecular complexity index is 494. The number of carbonyl (C=O) groups is 1. The zero-order valence-corrected chi connectivity index (χ0v) is 13.6. The number of carbonyl (C=O) groups excluding carboxylic acids is 1. The van der Waals surface area contributed by atoms with Crippen LogP contribution in [0.1, 0.15) is 75.9 Å². The van der Waals surface area contributed by atoms with Crippen molar-refractivity contribution >= 4 is 5.91 Å². The first kappa shape index (κ1) is 15.5. The molecule has 1 aliphatic carbocycles. The van der Waals surface area contributed by atoms with Gasteiger partial charge in [0, 0.05) is 25.4 Å². The van der Waals surface area contributed by atoms with Crippen molar-refractivity contribution in [3.63, 3.8) is 0 Å². The van der Waals surface area contributed by atoms with Gasteiger partial charge in [-0.1, -0.05) is 31.3 Å². The molecule has 5 heteroatoms. The van der Waals surface area contributed by atoms with Gasteiger partial charge in [-0.05, 0) is 32.1 Å². The van der Waals surface area contributed by atoms with E-state index in [-0.39, 0.29) is 11.8 Å². The van der Waals surface area contributed by atoms with Crippen molar-refractivity contribution < 1.29 is 9.32 Å². The average Bonchev–Trinajstić information content (AvgIpc) is 3.24. The molecular weight excluding hydrogens is 278 g/mol. The monoisotopic (exact) mass is 305 g/mol. The molecule has 0 radical (unpaired) electrons. The molecule has 1 atom stereocenters. The van der Waals surface area contributed by atoms with Gasteiger partial charge in [0.1, 0.15) is 0 Å². The zero-order chi connectivity index (χ0) is 15.4. The van der Waals surface area contributed by atoms with Crippen molar-refractivity contribution in [1.29, 1.82) is 0 Å². The molecule has 122 valence electrons. The molecule has 1 aromatic heterocycles. The van der Waals surface area contributed by atoms with Gasteiger partial charge < -0.3 is 9.42 Å². The van der Waals surface area contributed by atoms with Crippen LogP contribution in [0.25, 0.3) is 0 Å². The molecule has 0 bridgehead atoms. The van der Waals surface area contributed by atoms with Crippen molar-refractivity contribution in [2.24, 2.45) is 5.92 Å². The van der Waals surface area contributed by atoms with Crippen LogP contribution in [-0.2, 0) is 11.2 Å². The molecule has 0 unspecified atom stereocenters. The van der Waals surface area contributed by atoms with Gasteiger partial charge in [-0.3, -0.25) is 4.79 Å². The predicted molar refractivity (Wildman–Crippen MR) is 83.4 cm³/mol. The minimum Gasteiger partial charge on any atom is -0.342 e. The van der Waals surface area contributed by atoms with E-state index in [0.29, 0.717) is 5.91 Å². The summed E-state index contributed by atoms with van der Waals surface area (Å²) in [7, 11) is 0. The van der Waals surface area contributed by atoms with Crippen LogP contribution in [0.3, 0.4) is 0 Å². The van der Waals surface area contributed by atoms with E-state index in [4.69, 9.17) is 4.52 Å². The third-order valence-electron chi connectivity index (χ3n) is 5.02. The fraction of sp³-hybridized carbons (Fsp3) is 0.824. The first-order valence-electron chi connectivity index (χ1n) is 8.89. The predicted octanol–water partition coefficient (Wildman–Crippen LogP) is 3.31. The highest BCUT2D eigenvalue weighted by atomic mass is 16.5. The van der Waals surface area contributed by atoms with E-state index >= 15 is 0 Å². The van der Waals surface area contributed by atoms with Crippen LogP contribution in [0.15, 0.2) is 4.52 Å². The van der Waals surface area contributed by atoms with Crippen molar-refractivity contribution in [2.45, 2.75) is 70.6 Å². The molecular formula is C17H27N3O2. The molecule has 1 amide bonds. The van der Waals surface area contributed by atoms with Gasteiger partial charge in [0.05, 0.1) is 5.92 Å². The normalized spacial score (nSPS) is 23.1. The summed E-state index contributed by atoms with van der Waals surface area (Å²) < 4.78 is 5.46. The largest absolute Gasteiger partial charge is 0.342 e. The molecule has 0 spiro atoms. The van der Waals surface area contributed by atoms with Crippen molar-refractivity contribution in [3.05, 3.63) is 11.7 Å². The summed E-state index contributed by atoms with van der Waals surface area (Å²) in [5.41, 5.74) is 0. The van der Waals surface area contributed by atoms with E-state index in [1.165, 1.54) is 12.8 Å². The van der Waals surface area contributed by atoms with Crippen LogP contribution in [0.4, 0.5) is 0 Å². The van der Waals surface area contributed by atoms with Crippen LogP contribution in [0.2, 0.25) is 0 Å². The molecule has 3 rings (SSSR count). The first-order valence-corrected chi connectivity index (χ1v) is 8.89. The zero-order valence-electron chi connectivity index (χ0n) is 13.6. The van der Waals surface area contributed by atoms with Gasteiger partial charge in [-0.15, -0.1) is 0 Å². The molecule has 1 aliphatic heterocycles. The molecule has 2 aliphatic rings. The van der Waals surface area contributed by atoms with Crippen LogP contribution < -0.4 is 0 Å². The Hall–Kier alpha value is -1.39. The Labute approximate surface area is 132 Å². The lowest BCUT2D eigenvalue weighted by molar-refractivity contribution is -0.136. The lowest BCUT2D eigenvalue weighted by Gasteiger charge is -2.32. The fourth-order valence-electron chi connectivity index (χ4n) is 3.68. The van der Waals surface area contributed by atoms with E-state index in [0.717, 1.165) is 69.8 Å². The third-order valence-corrected chi connectivity index (χ3v) is 5.02. The number of likely N-dealkylation sites (tertiary alicyclic amines) is 1. The highest BCUT2D eigenvalue weighted by Crippen LogP contribution is 2.31. The van der Waals surface area contributed by atoms with Gasteiger partial charge in [-0.25, -0.2) is 0 Å². The molecule has 2 fully saturated rings. The summed E-state index contributed by atoms with van der Waals surface area (Å²) in [4.78, 5) is 19.2. The van der Waals surface area contributed by atoms with Gasteiger partial charge in [0.25, 0.3) is 0 Å². The Morgan fingerprint density at radius 2 is 2.09 bits per heavy atom. The quantitative estimate of drug-likeness (QED) is 0.837. The van der Waals surface area contributed by atoms with Gasteiger partial charge >= 0.3 is 0 Å². The van der Waals surface area contributed by atoms with Crippen LogP contribution in [0.5, 0.6) is 0 Å². The van der Waals surface area contributed by atoms with Gasteiger partial charge in [-0.2, -0.15) is 4.98 Å². The SMILES string of the molecule is CCCCc1noc([C@@H]2CCCN(C(=O)C3CCCC3)C2)n1. The number of aromatic nitrogens is 2. The van der Waals surface area contributed by atoms with Crippen LogP contribution >= 0.6 is 0 Å². The lowest BCUT2D eigenvalue weighted by Crippen LogP contribution is -2.41. The van der Waals surface area contributed by atoms with E-state index in [9.17, 15) is 4.79 Å². The smallest absolute Gasteiger partial charge is 0.231 e. The van der Waals surface area contributed by atoms with E-state index < -0.39 is 0 Å². The molecule has 1 saturated carbocycles. The number of amides is 1. The minimum absolute atomic E-state index is 0.224. The van der Waals surface area contributed by atoms with Crippen molar-refractivity contribution in [1.82, 2.24) is 15.0 Å². The van der Waals surface area contributed by atoms with E-state index in [2.05, 4.69) is 17.1 Å². The molecule has 5 nitrogen and oxygen atoms in total. The molecule has 22 heavy (non-hydrogen) atoms. The third kappa shape index (κ3) is 3.50. The molecule has 1 aromatic rings. The second-order valence-corrected chi connectivity index (χ2v) is 6.76. The number of unbranched alkanes of at least 4 members (excludes halogenated alkanes) is 1. The Kier molecular flexibility index (Phi) is 5.11. The van der Waals surface area contributed by atoms with E-state index in [1.54, 1.807) is 0 Å². The second-order valence-electron chi connectivity index (χ2n) is 6.76. The summed E-state index contributed by atoms with van der Waals surface area (Å²) in [5.74, 6) is 2.39. The maximum absolute atomic E-state index is 12.6. The fourth-order valence-corrected chi connectivity index (χ4v) is 3.68. The molecule has 0 N–H and O–H groups in total. The Balaban J connectivity index is 1.60. The lowest BCUT2D eigenvalue weighted by atomic mass is 9.96. The number of piperidine rings is 1. The van der Waals surface area contributed by atoms with E-state index in [1.807, 2.05) is 4.90 Å². The summed E-state index contributed by atoms with van der Waals surface area (Å²) in [6.07, 6.45) is 9.75. The van der Waals surface area contributed by atoms with Crippen molar-refractivity contribution in [2.75, 3.05) is 13.1 Å². The summed E-state index contributed by atoms with van der Waals surface area (Å²) in [5, 5.41) is 4.09. The number of nitrogens with zero attached hydrogens (tertiary/aromatic N) is 3. The summed E-state index contributed by atoms with van der Waals surface area (Å²) >= 11 is 0. The van der Waals surface area contributed by atoms with Crippen LogP contribution in [0, 0.1) is 5.92 Å². The number of hydrogen-bond acceptors (Lipinski definition) is 4. The van der Waals surface area contributed by atoms with Gasteiger partial charge in [0.2, 0.25) is 11.8 Å². The average molecular weight is 305 g/mol. The summed E-state index contributed by atoms with van der Waals surface area (Å²) in [6.45, 7) is 3.81. The molecule has 2 heterocycles. The van der Waals surface area contributed by atoms with Crippen molar-refractivity contribution in [3.8, 4) is 0 Å². The Morgan fingerprint density at radius 1 is 1.27 bits per heavy atom. The van der Waals surface area contributed by atoms with Crippen LogP contribution in [-0.4, -0.2) is 34.0 Å². The highest BCUT2D eigenvalue weighted by Gasteiger charge is 2.32. The maximum Gasteiger partial charge on any atom is 0.231 e. The number of rotatable bonds is 5. The second kappa shape index (κ2) is 7.25. The summed E-state index contributed by atoms with van der Waals surface area (Å²) in [6, 6.07) is 0. The topological polar surface area (TPSA) is 59.2 Å². The minimum atomic E-state index is 0.224. The highest BCUT2D eigenvalue weighted by molar-refractivity contribution is 5.79. The number of aryl methyl sites for hydroxylation is 1. The maximum atomic E-state index is 12.6. The molecule has 1 saturated heterocycles. The molecule has 0 aromatic carbocycles. The number of hydrogen-bond donors (Lipinski definition) is 0. The first-order chi connectivity index (χ1) is 10.8.